The molecule has 0 aromatic carbocycles. The SMILES string of the molecule is CC(C)=CCCC(C)(S)CC=O. The van der Waals surface area contributed by atoms with E-state index in [1.165, 1.54) is 5.57 Å². The van der Waals surface area contributed by atoms with E-state index in [0.29, 0.717) is 6.42 Å². The minimum atomic E-state index is -0.131. The van der Waals surface area contributed by atoms with Crippen molar-refractivity contribution in [2.45, 2.75) is 44.8 Å². The van der Waals surface area contributed by atoms with Crippen molar-refractivity contribution in [1.29, 1.82) is 0 Å². The van der Waals surface area contributed by atoms with Crippen LogP contribution in [0.15, 0.2) is 11.6 Å². The van der Waals surface area contributed by atoms with E-state index in [9.17, 15) is 4.79 Å². The second-order valence-corrected chi connectivity index (χ2v) is 4.77. The van der Waals surface area contributed by atoms with Gasteiger partial charge in [-0.2, -0.15) is 12.6 Å². The molecule has 0 amide bonds. The molecule has 1 atom stereocenters. The lowest BCUT2D eigenvalue weighted by molar-refractivity contribution is -0.108. The van der Waals surface area contributed by atoms with Gasteiger partial charge in [0.15, 0.2) is 0 Å². The molecule has 0 fully saturated rings. The van der Waals surface area contributed by atoms with Gasteiger partial charge in [0, 0.05) is 11.2 Å². The van der Waals surface area contributed by atoms with Crippen LogP contribution in [0.4, 0.5) is 0 Å². The predicted octanol–water partition coefficient (Wildman–Crippen LogP) is 3.01. The minimum Gasteiger partial charge on any atom is -0.303 e. The molecule has 0 aliphatic carbocycles. The maximum Gasteiger partial charge on any atom is 0.121 e. The van der Waals surface area contributed by atoms with Crippen molar-refractivity contribution in [3.05, 3.63) is 11.6 Å². The van der Waals surface area contributed by atoms with Crippen molar-refractivity contribution in [3.63, 3.8) is 0 Å². The Labute approximate surface area is 80.7 Å². The summed E-state index contributed by atoms with van der Waals surface area (Å²) in [5.41, 5.74) is 1.32. The fourth-order valence-electron chi connectivity index (χ4n) is 0.953. The maximum absolute atomic E-state index is 10.3. The van der Waals surface area contributed by atoms with Crippen molar-refractivity contribution in [3.8, 4) is 0 Å². The maximum atomic E-state index is 10.3. The molecule has 0 N–H and O–H groups in total. The Hall–Kier alpha value is -0.240. The zero-order chi connectivity index (χ0) is 9.61. The smallest absolute Gasteiger partial charge is 0.121 e. The first-order valence-electron chi connectivity index (χ1n) is 4.27. The zero-order valence-electron chi connectivity index (χ0n) is 8.13. The van der Waals surface area contributed by atoms with Gasteiger partial charge < -0.3 is 4.79 Å². The number of allylic oxidation sites excluding steroid dienone is 2. The monoisotopic (exact) mass is 186 g/mol. The van der Waals surface area contributed by atoms with Gasteiger partial charge in [-0.3, -0.25) is 0 Å². The summed E-state index contributed by atoms with van der Waals surface area (Å²) >= 11 is 4.41. The molecule has 1 nitrogen and oxygen atoms in total. The van der Waals surface area contributed by atoms with Gasteiger partial charge >= 0.3 is 0 Å². The average molecular weight is 186 g/mol. The Kier molecular flexibility index (Phi) is 5.31. The van der Waals surface area contributed by atoms with Crippen LogP contribution >= 0.6 is 12.6 Å². The highest BCUT2D eigenvalue weighted by Gasteiger charge is 2.16. The number of carbonyl (C=O) groups is 1. The first-order chi connectivity index (χ1) is 5.48. The van der Waals surface area contributed by atoms with E-state index in [1.807, 2.05) is 6.92 Å². The van der Waals surface area contributed by atoms with E-state index in [2.05, 4.69) is 32.6 Å². The van der Waals surface area contributed by atoms with Crippen LogP contribution in [0.5, 0.6) is 0 Å². The molecule has 0 aliphatic heterocycles. The van der Waals surface area contributed by atoms with E-state index in [-0.39, 0.29) is 4.75 Å². The van der Waals surface area contributed by atoms with Crippen LogP contribution in [0.3, 0.4) is 0 Å². The second kappa shape index (κ2) is 5.41. The molecular formula is C10H18OS. The van der Waals surface area contributed by atoms with Gasteiger partial charge in [0.1, 0.15) is 6.29 Å². The van der Waals surface area contributed by atoms with Gasteiger partial charge in [0.2, 0.25) is 0 Å². The summed E-state index contributed by atoms with van der Waals surface area (Å²) in [7, 11) is 0. The van der Waals surface area contributed by atoms with Crippen molar-refractivity contribution in [1.82, 2.24) is 0 Å². The molecule has 0 aromatic heterocycles. The van der Waals surface area contributed by atoms with Crippen LogP contribution in [0, 0.1) is 0 Å². The molecule has 12 heavy (non-hydrogen) atoms. The Balaban J connectivity index is 3.75. The van der Waals surface area contributed by atoms with E-state index < -0.39 is 0 Å². The van der Waals surface area contributed by atoms with Crippen LogP contribution in [-0.4, -0.2) is 11.0 Å². The number of rotatable bonds is 5. The predicted molar refractivity (Wildman–Crippen MR) is 56.7 cm³/mol. The summed E-state index contributed by atoms with van der Waals surface area (Å²) in [6, 6.07) is 0. The van der Waals surface area contributed by atoms with E-state index in [4.69, 9.17) is 0 Å². The molecule has 0 aliphatic rings. The summed E-state index contributed by atoms with van der Waals surface area (Å²) in [5.74, 6) is 0. The lowest BCUT2D eigenvalue weighted by Crippen LogP contribution is -2.16. The Bertz CT molecular complexity index is 167. The number of thiol groups is 1. The van der Waals surface area contributed by atoms with E-state index in [1.54, 1.807) is 0 Å². The van der Waals surface area contributed by atoms with Crippen molar-refractivity contribution < 1.29 is 4.79 Å². The summed E-state index contributed by atoms with van der Waals surface area (Å²) in [4.78, 5) is 10.3. The highest BCUT2D eigenvalue weighted by molar-refractivity contribution is 7.81. The lowest BCUT2D eigenvalue weighted by Gasteiger charge is -2.19. The van der Waals surface area contributed by atoms with Gasteiger partial charge in [-0.25, -0.2) is 0 Å². The first kappa shape index (κ1) is 11.8. The van der Waals surface area contributed by atoms with Gasteiger partial charge in [0.05, 0.1) is 0 Å². The number of aldehydes is 1. The molecule has 70 valence electrons. The van der Waals surface area contributed by atoms with Crippen molar-refractivity contribution >= 4 is 18.9 Å². The average Bonchev–Trinajstić information content (AvgIpc) is 1.85. The summed E-state index contributed by atoms with van der Waals surface area (Å²) in [6.45, 7) is 6.16. The van der Waals surface area contributed by atoms with Crippen LogP contribution in [-0.2, 0) is 4.79 Å². The molecule has 0 spiro atoms. The van der Waals surface area contributed by atoms with Crippen LogP contribution < -0.4 is 0 Å². The van der Waals surface area contributed by atoms with E-state index >= 15 is 0 Å². The fraction of sp³-hybridized carbons (Fsp3) is 0.700. The largest absolute Gasteiger partial charge is 0.303 e. The van der Waals surface area contributed by atoms with Crippen LogP contribution in [0.25, 0.3) is 0 Å². The minimum absolute atomic E-state index is 0.131. The zero-order valence-corrected chi connectivity index (χ0v) is 9.03. The second-order valence-electron chi connectivity index (χ2n) is 3.69. The normalized spacial score (nSPS) is 15.0. The highest BCUT2D eigenvalue weighted by atomic mass is 32.1. The highest BCUT2D eigenvalue weighted by Crippen LogP contribution is 2.23. The van der Waals surface area contributed by atoms with Gasteiger partial charge in [-0.05, 0) is 26.7 Å². The fourth-order valence-corrected chi connectivity index (χ4v) is 1.16. The molecular weight excluding hydrogens is 168 g/mol. The third-order valence-electron chi connectivity index (χ3n) is 1.76. The Morgan fingerprint density at radius 1 is 1.50 bits per heavy atom. The molecule has 0 radical (unpaired) electrons. The Morgan fingerprint density at radius 3 is 2.50 bits per heavy atom. The first-order valence-corrected chi connectivity index (χ1v) is 4.72. The molecule has 0 saturated carbocycles. The van der Waals surface area contributed by atoms with Gasteiger partial charge in [-0.15, -0.1) is 0 Å². The standard InChI is InChI=1S/C10H18OS/c1-9(2)5-4-6-10(3,12)7-8-11/h5,8,12H,4,6-7H2,1-3H3. The number of carbonyl (C=O) groups excluding carboxylic acids is 1. The summed E-state index contributed by atoms with van der Waals surface area (Å²) in [5, 5.41) is 0. The van der Waals surface area contributed by atoms with Gasteiger partial charge in [0.25, 0.3) is 0 Å². The molecule has 2 heteroatoms. The van der Waals surface area contributed by atoms with Crippen molar-refractivity contribution in [2.75, 3.05) is 0 Å². The van der Waals surface area contributed by atoms with Crippen molar-refractivity contribution in [2.24, 2.45) is 0 Å². The topological polar surface area (TPSA) is 17.1 Å². The summed E-state index contributed by atoms with van der Waals surface area (Å²) < 4.78 is -0.131. The molecule has 0 saturated heterocycles. The molecule has 1 unspecified atom stereocenters. The third-order valence-corrected chi connectivity index (χ3v) is 2.16. The van der Waals surface area contributed by atoms with Crippen LogP contribution in [0.1, 0.15) is 40.0 Å². The molecule has 0 bridgehead atoms. The quantitative estimate of drug-likeness (QED) is 0.397. The number of hydrogen-bond acceptors (Lipinski definition) is 2. The molecule has 0 rings (SSSR count). The Morgan fingerprint density at radius 2 is 2.08 bits per heavy atom. The van der Waals surface area contributed by atoms with Crippen LogP contribution in [0.2, 0.25) is 0 Å². The van der Waals surface area contributed by atoms with Gasteiger partial charge in [-0.1, -0.05) is 18.6 Å². The third kappa shape index (κ3) is 6.47. The molecule has 0 aromatic rings. The van der Waals surface area contributed by atoms with E-state index in [0.717, 1.165) is 19.1 Å². The molecule has 0 heterocycles. The summed E-state index contributed by atoms with van der Waals surface area (Å²) in [6.07, 6.45) is 5.62. The lowest BCUT2D eigenvalue weighted by atomic mass is 10.0. The number of hydrogen-bond donors (Lipinski definition) is 1.